The first-order valence-electron chi connectivity index (χ1n) is 8.84. The Bertz CT molecular complexity index is 742. The van der Waals surface area contributed by atoms with Crippen molar-refractivity contribution >= 4 is 23.6 Å². The number of nitrogens with one attached hydrogen (secondary N) is 1. The summed E-state index contributed by atoms with van der Waals surface area (Å²) in [7, 11) is 0. The van der Waals surface area contributed by atoms with Crippen LogP contribution in [0.1, 0.15) is 29.8 Å². The van der Waals surface area contributed by atoms with Crippen LogP contribution in [0, 0.1) is 6.92 Å². The minimum absolute atomic E-state index is 0.0654. The van der Waals surface area contributed by atoms with Gasteiger partial charge >= 0.3 is 5.97 Å². The highest BCUT2D eigenvalue weighted by molar-refractivity contribution is 7.99. The molecule has 6 heteroatoms. The van der Waals surface area contributed by atoms with E-state index in [1.165, 1.54) is 5.56 Å². The molecule has 144 valence electrons. The zero-order valence-electron chi connectivity index (χ0n) is 15.9. The topological polar surface area (TPSA) is 64.6 Å². The number of aryl methyl sites for hydroxylation is 1. The van der Waals surface area contributed by atoms with E-state index in [2.05, 4.69) is 29.6 Å². The number of ether oxygens (including phenoxy) is 2. The van der Waals surface area contributed by atoms with Crippen LogP contribution >= 0.6 is 11.8 Å². The SMILES string of the molecule is Cc1ccc(SCCNC(=O)COC(=O)c2ccc(OC(C)C)cc2)cc1. The molecule has 0 aliphatic rings. The van der Waals surface area contributed by atoms with Gasteiger partial charge in [0.25, 0.3) is 5.91 Å². The molecule has 0 saturated carbocycles. The molecule has 0 heterocycles. The molecule has 0 aromatic heterocycles. The second kappa shape index (κ2) is 10.6. The van der Waals surface area contributed by atoms with E-state index >= 15 is 0 Å². The lowest BCUT2D eigenvalue weighted by Crippen LogP contribution is -2.30. The summed E-state index contributed by atoms with van der Waals surface area (Å²) in [5.74, 6) is 0.591. The third kappa shape index (κ3) is 7.74. The van der Waals surface area contributed by atoms with E-state index in [0.29, 0.717) is 17.9 Å². The van der Waals surface area contributed by atoms with Crippen LogP contribution in [0.3, 0.4) is 0 Å². The van der Waals surface area contributed by atoms with E-state index in [-0.39, 0.29) is 18.6 Å². The maximum atomic E-state index is 12.0. The van der Waals surface area contributed by atoms with Crippen LogP contribution in [0.4, 0.5) is 0 Å². The Balaban J connectivity index is 1.65. The Morgan fingerprint density at radius 1 is 1.04 bits per heavy atom. The Morgan fingerprint density at radius 3 is 2.33 bits per heavy atom. The molecule has 0 fully saturated rings. The highest BCUT2D eigenvalue weighted by Gasteiger charge is 2.10. The number of carbonyl (C=O) groups excluding carboxylic acids is 2. The Morgan fingerprint density at radius 2 is 1.70 bits per heavy atom. The van der Waals surface area contributed by atoms with Crippen molar-refractivity contribution < 1.29 is 19.1 Å². The van der Waals surface area contributed by atoms with Crippen LogP contribution in [0.5, 0.6) is 5.75 Å². The first kappa shape index (κ1) is 20.8. The zero-order valence-corrected chi connectivity index (χ0v) is 16.7. The van der Waals surface area contributed by atoms with Crippen molar-refractivity contribution in [1.29, 1.82) is 0 Å². The summed E-state index contributed by atoms with van der Waals surface area (Å²) in [6.45, 7) is 6.12. The van der Waals surface area contributed by atoms with Gasteiger partial charge in [-0.05, 0) is 57.2 Å². The molecule has 0 spiro atoms. The molecule has 2 aromatic rings. The van der Waals surface area contributed by atoms with Gasteiger partial charge in [0.05, 0.1) is 11.7 Å². The molecule has 0 atom stereocenters. The van der Waals surface area contributed by atoms with E-state index in [9.17, 15) is 9.59 Å². The molecule has 0 unspecified atom stereocenters. The molecule has 0 bridgehead atoms. The number of hydrogen-bond acceptors (Lipinski definition) is 5. The van der Waals surface area contributed by atoms with Crippen molar-refractivity contribution in [3.63, 3.8) is 0 Å². The average molecular weight is 388 g/mol. The maximum Gasteiger partial charge on any atom is 0.338 e. The molecule has 0 radical (unpaired) electrons. The summed E-state index contributed by atoms with van der Waals surface area (Å²) in [5.41, 5.74) is 1.60. The van der Waals surface area contributed by atoms with Crippen LogP contribution in [0.2, 0.25) is 0 Å². The van der Waals surface area contributed by atoms with Crippen molar-refractivity contribution in [1.82, 2.24) is 5.32 Å². The highest BCUT2D eigenvalue weighted by atomic mass is 32.2. The molecule has 1 amide bonds. The van der Waals surface area contributed by atoms with Gasteiger partial charge in [-0.3, -0.25) is 4.79 Å². The number of carbonyl (C=O) groups is 2. The molecule has 5 nitrogen and oxygen atoms in total. The fourth-order valence-corrected chi connectivity index (χ4v) is 2.97. The van der Waals surface area contributed by atoms with E-state index in [0.717, 1.165) is 10.6 Å². The minimum Gasteiger partial charge on any atom is -0.491 e. The van der Waals surface area contributed by atoms with Gasteiger partial charge < -0.3 is 14.8 Å². The van der Waals surface area contributed by atoms with Crippen LogP contribution in [-0.2, 0) is 9.53 Å². The largest absolute Gasteiger partial charge is 0.491 e. The molecule has 0 aliphatic carbocycles. The summed E-state index contributed by atoms with van der Waals surface area (Å²) >= 11 is 1.66. The number of rotatable bonds is 9. The summed E-state index contributed by atoms with van der Waals surface area (Å²) in [5, 5.41) is 2.74. The maximum absolute atomic E-state index is 12.0. The Kier molecular flexibility index (Phi) is 8.20. The Labute approximate surface area is 164 Å². The smallest absolute Gasteiger partial charge is 0.338 e. The van der Waals surface area contributed by atoms with Gasteiger partial charge in [0, 0.05) is 17.2 Å². The van der Waals surface area contributed by atoms with Gasteiger partial charge in [0.2, 0.25) is 0 Å². The molecule has 0 saturated heterocycles. The summed E-state index contributed by atoms with van der Waals surface area (Å²) < 4.78 is 10.6. The van der Waals surface area contributed by atoms with E-state index < -0.39 is 5.97 Å². The highest BCUT2D eigenvalue weighted by Crippen LogP contribution is 2.17. The molecular weight excluding hydrogens is 362 g/mol. The monoisotopic (exact) mass is 387 g/mol. The predicted molar refractivity (Wildman–Crippen MR) is 107 cm³/mol. The van der Waals surface area contributed by atoms with Crippen molar-refractivity contribution in [3.05, 3.63) is 59.7 Å². The lowest BCUT2D eigenvalue weighted by atomic mass is 10.2. The van der Waals surface area contributed by atoms with Crippen molar-refractivity contribution in [2.24, 2.45) is 0 Å². The normalized spacial score (nSPS) is 10.5. The van der Waals surface area contributed by atoms with Crippen LogP contribution < -0.4 is 10.1 Å². The van der Waals surface area contributed by atoms with Gasteiger partial charge in [-0.1, -0.05) is 17.7 Å². The summed E-state index contributed by atoms with van der Waals surface area (Å²) in [6.07, 6.45) is 0.0654. The first-order chi connectivity index (χ1) is 12.9. The first-order valence-corrected chi connectivity index (χ1v) is 9.82. The predicted octanol–water partition coefficient (Wildman–Crippen LogP) is 3.85. The van der Waals surface area contributed by atoms with Crippen LogP contribution in [-0.4, -0.2) is 36.9 Å². The second-order valence-electron chi connectivity index (χ2n) is 6.28. The van der Waals surface area contributed by atoms with Crippen LogP contribution in [0.25, 0.3) is 0 Å². The fourth-order valence-electron chi connectivity index (χ4n) is 2.20. The fraction of sp³-hybridized carbons (Fsp3) is 0.333. The van der Waals surface area contributed by atoms with Crippen molar-refractivity contribution in [2.75, 3.05) is 18.9 Å². The number of esters is 1. The summed E-state index contributed by atoms with van der Waals surface area (Å²) in [6, 6.07) is 14.9. The van der Waals surface area contributed by atoms with Gasteiger partial charge in [-0.2, -0.15) is 0 Å². The molecule has 27 heavy (non-hydrogen) atoms. The van der Waals surface area contributed by atoms with Gasteiger partial charge in [-0.25, -0.2) is 4.79 Å². The number of hydrogen-bond donors (Lipinski definition) is 1. The van der Waals surface area contributed by atoms with Crippen molar-refractivity contribution in [3.8, 4) is 5.75 Å². The quantitative estimate of drug-likeness (QED) is 0.402. The third-order valence-electron chi connectivity index (χ3n) is 3.51. The minimum atomic E-state index is -0.532. The van der Waals surface area contributed by atoms with E-state index in [1.807, 2.05) is 20.8 Å². The van der Waals surface area contributed by atoms with E-state index in [4.69, 9.17) is 9.47 Å². The van der Waals surface area contributed by atoms with Crippen molar-refractivity contribution in [2.45, 2.75) is 31.8 Å². The lowest BCUT2D eigenvalue weighted by molar-refractivity contribution is -0.124. The number of amides is 1. The van der Waals surface area contributed by atoms with Gasteiger partial charge in [-0.15, -0.1) is 11.8 Å². The van der Waals surface area contributed by atoms with E-state index in [1.54, 1.807) is 36.0 Å². The molecule has 2 rings (SSSR count). The Hall–Kier alpha value is -2.47. The second-order valence-corrected chi connectivity index (χ2v) is 7.45. The third-order valence-corrected chi connectivity index (χ3v) is 4.52. The average Bonchev–Trinajstić information content (AvgIpc) is 2.65. The molecule has 2 aromatic carbocycles. The zero-order chi connectivity index (χ0) is 19.6. The number of benzene rings is 2. The van der Waals surface area contributed by atoms with Gasteiger partial charge in [0.15, 0.2) is 6.61 Å². The van der Waals surface area contributed by atoms with Crippen LogP contribution in [0.15, 0.2) is 53.4 Å². The summed E-state index contributed by atoms with van der Waals surface area (Å²) in [4.78, 5) is 24.9. The molecule has 0 aliphatic heterocycles. The molecular formula is C21H25NO4S. The molecule has 1 N–H and O–H groups in total. The standard InChI is InChI=1S/C21H25NO4S/c1-15(2)26-18-8-6-17(7-9-18)21(24)25-14-20(23)22-12-13-27-19-10-4-16(3)5-11-19/h4-11,15H,12-14H2,1-3H3,(H,22,23). The lowest BCUT2D eigenvalue weighted by Gasteiger charge is -2.10. The number of thioether (sulfide) groups is 1. The van der Waals surface area contributed by atoms with Gasteiger partial charge in [0.1, 0.15) is 5.75 Å².